The van der Waals surface area contributed by atoms with Gasteiger partial charge in [0, 0.05) is 18.0 Å². The van der Waals surface area contributed by atoms with Crippen LogP contribution in [0, 0.1) is 6.92 Å². The van der Waals surface area contributed by atoms with E-state index in [1.54, 1.807) is 0 Å². The molecular weight excluding hydrogens is 266 g/mol. The standard InChI is InChI=1S/C15H23N5O/c1-10(2)14-17-15(19-18-14)13-6-4-5-7-20(13)9-12-8-16-21-11(12)3/h8,10,13H,4-7,9H2,1-3H3,(H,17,18,19)/t13-/m1/s1. The molecule has 0 unspecified atom stereocenters. The number of aromatic nitrogens is 4. The summed E-state index contributed by atoms with van der Waals surface area (Å²) in [5, 5.41) is 11.4. The smallest absolute Gasteiger partial charge is 0.153 e. The highest BCUT2D eigenvalue weighted by Gasteiger charge is 2.28. The number of aryl methyl sites for hydroxylation is 1. The topological polar surface area (TPSA) is 70.8 Å². The van der Waals surface area contributed by atoms with Crippen LogP contribution < -0.4 is 0 Å². The lowest BCUT2D eigenvalue weighted by Gasteiger charge is -2.33. The second kappa shape index (κ2) is 5.97. The summed E-state index contributed by atoms with van der Waals surface area (Å²) >= 11 is 0. The lowest BCUT2D eigenvalue weighted by atomic mass is 10.0. The molecule has 1 aliphatic heterocycles. The average Bonchev–Trinajstić information content (AvgIpc) is 3.10. The zero-order chi connectivity index (χ0) is 14.8. The van der Waals surface area contributed by atoms with Gasteiger partial charge in [-0.1, -0.05) is 25.4 Å². The quantitative estimate of drug-likeness (QED) is 0.937. The molecule has 0 saturated carbocycles. The predicted octanol–water partition coefficient (Wildman–Crippen LogP) is 2.95. The van der Waals surface area contributed by atoms with E-state index >= 15 is 0 Å². The second-order valence-electron chi connectivity index (χ2n) is 6.12. The molecule has 0 amide bonds. The van der Waals surface area contributed by atoms with Crippen LogP contribution in [-0.4, -0.2) is 31.8 Å². The summed E-state index contributed by atoms with van der Waals surface area (Å²) in [6.45, 7) is 8.13. The van der Waals surface area contributed by atoms with Gasteiger partial charge in [0.25, 0.3) is 0 Å². The minimum absolute atomic E-state index is 0.313. The molecule has 3 heterocycles. The summed E-state index contributed by atoms with van der Waals surface area (Å²) in [4.78, 5) is 7.14. The van der Waals surface area contributed by atoms with Crippen molar-refractivity contribution in [3.8, 4) is 0 Å². The minimum Gasteiger partial charge on any atom is -0.361 e. The second-order valence-corrected chi connectivity index (χ2v) is 6.12. The van der Waals surface area contributed by atoms with Crippen LogP contribution in [0.5, 0.6) is 0 Å². The van der Waals surface area contributed by atoms with Gasteiger partial charge in [0.1, 0.15) is 11.6 Å². The van der Waals surface area contributed by atoms with Gasteiger partial charge >= 0.3 is 0 Å². The van der Waals surface area contributed by atoms with E-state index in [1.807, 2.05) is 13.1 Å². The molecule has 1 aliphatic rings. The molecule has 6 heteroatoms. The van der Waals surface area contributed by atoms with E-state index in [-0.39, 0.29) is 0 Å². The third-order valence-electron chi connectivity index (χ3n) is 4.19. The molecule has 1 N–H and O–H groups in total. The van der Waals surface area contributed by atoms with Crippen LogP contribution in [0.25, 0.3) is 0 Å². The number of rotatable bonds is 4. The fourth-order valence-corrected chi connectivity index (χ4v) is 2.87. The lowest BCUT2D eigenvalue weighted by molar-refractivity contribution is 0.133. The number of likely N-dealkylation sites (tertiary alicyclic amines) is 1. The van der Waals surface area contributed by atoms with E-state index in [9.17, 15) is 0 Å². The molecule has 0 radical (unpaired) electrons. The number of piperidine rings is 1. The van der Waals surface area contributed by atoms with Crippen molar-refractivity contribution >= 4 is 0 Å². The maximum absolute atomic E-state index is 5.17. The van der Waals surface area contributed by atoms with Gasteiger partial charge in [0.05, 0.1) is 12.2 Å². The van der Waals surface area contributed by atoms with Crippen LogP contribution in [0.15, 0.2) is 10.7 Å². The van der Waals surface area contributed by atoms with E-state index in [0.29, 0.717) is 12.0 Å². The monoisotopic (exact) mass is 289 g/mol. The van der Waals surface area contributed by atoms with Crippen molar-refractivity contribution in [1.29, 1.82) is 0 Å². The Morgan fingerprint density at radius 1 is 1.43 bits per heavy atom. The highest BCUT2D eigenvalue weighted by Crippen LogP contribution is 2.31. The van der Waals surface area contributed by atoms with E-state index in [4.69, 9.17) is 4.52 Å². The summed E-state index contributed by atoms with van der Waals surface area (Å²) < 4.78 is 5.17. The molecule has 0 spiro atoms. The molecule has 0 bridgehead atoms. The number of nitrogens with zero attached hydrogens (tertiary/aromatic N) is 4. The minimum atomic E-state index is 0.313. The molecule has 0 aliphatic carbocycles. The first-order chi connectivity index (χ1) is 10.1. The first-order valence-corrected chi connectivity index (χ1v) is 7.71. The molecule has 6 nitrogen and oxygen atoms in total. The Morgan fingerprint density at radius 2 is 2.29 bits per heavy atom. The van der Waals surface area contributed by atoms with Crippen molar-refractivity contribution in [3.63, 3.8) is 0 Å². The number of H-pyrrole nitrogens is 1. The van der Waals surface area contributed by atoms with Crippen molar-refractivity contribution in [1.82, 2.24) is 25.2 Å². The first kappa shape index (κ1) is 14.3. The number of nitrogens with one attached hydrogen (secondary N) is 1. The lowest BCUT2D eigenvalue weighted by Crippen LogP contribution is -2.33. The third kappa shape index (κ3) is 3.00. The van der Waals surface area contributed by atoms with Gasteiger partial charge in [-0.15, -0.1) is 0 Å². The molecule has 1 atom stereocenters. The molecule has 114 valence electrons. The van der Waals surface area contributed by atoms with Crippen LogP contribution >= 0.6 is 0 Å². The number of aromatic amines is 1. The Balaban J connectivity index is 1.79. The van der Waals surface area contributed by atoms with Crippen LogP contribution in [0.3, 0.4) is 0 Å². The summed E-state index contributed by atoms with van der Waals surface area (Å²) in [7, 11) is 0. The van der Waals surface area contributed by atoms with Crippen LogP contribution in [0.1, 0.15) is 68.0 Å². The SMILES string of the molecule is Cc1oncc1CN1CCCC[C@@H]1c1nc(C(C)C)n[nH]1. The van der Waals surface area contributed by atoms with Crippen molar-refractivity contribution in [2.75, 3.05) is 6.54 Å². The van der Waals surface area contributed by atoms with Crippen LogP contribution in [-0.2, 0) is 6.54 Å². The predicted molar refractivity (Wildman–Crippen MR) is 78.7 cm³/mol. The van der Waals surface area contributed by atoms with Crippen molar-refractivity contribution < 1.29 is 4.52 Å². The van der Waals surface area contributed by atoms with E-state index in [1.165, 1.54) is 12.8 Å². The zero-order valence-electron chi connectivity index (χ0n) is 13.0. The highest BCUT2D eigenvalue weighted by atomic mass is 16.5. The van der Waals surface area contributed by atoms with Crippen LogP contribution in [0.4, 0.5) is 0 Å². The maximum Gasteiger partial charge on any atom is 0.153 e. The van der Waals surface area contributed by atoms with E-state index in [2.05, 4.69) is 39.1 Å². The van der Waals surface area contributed by atoms with Gasteiger partial charge < -0.3 is 4.52 Å². The summed E-state index contributed by atoms with van der Waals surface area (Å²) in [6.07, 6.45) is 5.41. The molecule has 0 aromatic carbocycles. The van der Waals surface area contributed by atoms with Crippen LogP contribution in [0.2, 0.25) is 0 Å². The molecule has 21 heavy (non-hydrogen) atoms. The van der Waals surface area contributed by atoms with Gasteiger partial charge in [-0.05, 0) is 26.3 Å². The van der Waals surface area contributed by atoms with Crippen molar-refractivity contribution in [3.05, 3.63) is 29.2 Å². The van der Waals surface area contributed by atoms with Gasteiger partial charge in [0.15, 0.2) is 5.82 Å². The maximum atomic E-state index is 5.17. The molecule has 3 rings (SSSR count). The zero-order valence-corrected chi connectivity index (χ0v) is 13.0. The Morgan fingerprint density at radius 3 is 2.95 bits per heavy atom. The Bertz CT molecular complexity index is 588. The third-order valence-corrected chi connectivity index (χ3v) is 4.19. The van der Waals surface area contributed by atoms with Crippen molar-refractivity contribution in [2.45, 2.75) is 58.5 Å². The van der Waals surface area contributed by atoms with Gasteiger partial charge in [0.2, 0.25) is 0 Å². The fourth-order valence-electron chi connectivity index (χ4n) is 2.87. The van der Waals surface area contributed by atoms with Gasteiger partial charge in [-0.3, -0.25) is 10.00 Å². The van der Waals surface area contributed by atoms with Gasteiger partial charge in [-0.25, -0.2) is 4.98 Å². The Hall–Kier alpha value is -1.69. The first-order valence-electron chi connectivity index (χ1n) is 7.71. The molecule has 1 fully saturated rings. The molecular formula is C15H23N5O. The van der Waals surface area contributed by atoms with E-state index < -0.39 is 0 Å². The Kier molecular flexibility index (Phi) is 4.05. The molecule has 2 aromatic rings. The van der Waals surface area contributed by atoms with Crippen molar-refractivity contribution in [2.24, 2.45) is 0 Å². The van der Waals surface area contributed by atoms with Gasteiger partial charge in [-0.2, -0.15) is 5.10 Å². The summed E-state index contributed by atoms with van der Waals surface area (Å²) in [5.41, 5.74) is 1.16. The summed E-state index contributed by atoms with van der Waals surface area (Å²) in [6, 6.07) is 0.313. The summed E-state index contributed by atoms with van der Waals surface area (Å²) in [5.74, 6) is 3.15. The number of hydrogen-bond acceptors (Lipinski definition) is 5. The average molecular weight is 289 g/mol. The molecule has 1 saturated heterocycles. The largest absolute Gasteiger partial charge is 0.361 e. The van der Waals surface area contributed by atoms with E-state index in [0.717, 1.165) is 42.5 Å². The number of hydrogen-bond donors (Lipinski definition) is 1. The fraction of sp³-hybridized carbons (Fsp3) is 0.667. The highest BCUT2D eigenvalue weighted by molar-refractivity contribution is 5.12. The normalized spacial score (nSPS) is 20.3. The molecule has 2 aromatic heterocycles. The Labute approximate surface area is 124 Å².